The van der Waals surface area contributed by atoms with Gasteiger partial charge in [-0.3, -0.25) is 0 Å². The molecule has 1 atom stereocenters. The summed E-state index contributed by atoms with van der Waals surface area (Å²) in [6.45, 7) is 0. The van der Waals surface area contributed by atoms with Crippen molar-refractivity contribution in [3.05, 3.63) is 71.8 Å². The topological polar surface area (TPSA) is 20.2 Å². The van der Waals surface area contributed by atoms with Crippen LogP contribution in [0.25, 0.3) is 0 Å². The summed E-state index contributed by atoms with van der Waals surface area (Å²) in [5.41, 5.74) is 2.50. The maximum absolute atomic E-state index is 10.7. The van der Waals surface area contributed by atoms with Gasteiger partial charge >= 0.3 is 0 Å². The molecule has 1 saturated carbocycles. The van der Waals surface area contributed by atoms with Crippen molar-refractivity contribution in [1.29, 1.82) is 0 Å². The van der Waals surface area contributed by atoms with Gasteiger partial charge in [-0.15, -0.1) is 0 Å². The SMILES string of the molecule is OC(Cc1ccccc1)C1(c2ccccc2)CCC1. The molecule has 19 heavy (non-hydrogen) atoms. The average Bonchev–Trinajstić information content (AvgIpc) is 2.40. The van der Waals surface area contributed by atoms with Crippen LogP contribution >= 0.6 is 0 Å². The zero-order chi connectivity index (χ0) is 13.1. The molecule has 1 N–H and O–H groups in total. The molecule has 1 nitrogen and oxygen atoms in total. The van der Waals surface area contributed by atoms with Gasteiger partial charge in [0, 0.05) is 5.41 Å². The number of hydrogen-bond acceptors (Lipinski definition) is 1. The maximum Gasteiger partial charge on any atom is 0.0677 e. The number of rotatable bonds is 4. The summed E-state index contributed by atoms with van der Waals surface area (Å²) in [6, 6.07) is 20.8. The third kappa shape index (κ3) is 2.31. The number of benzene rings is 2. The quantitative estimate of drug-likeness (QED) is 0.879. The van der Waals surface area contributed by atoms with E-state index in [1.807, 2.05) is 24.3 Å². The Morgan fingerprint density at radius 2 is 1.47 bits per heavy atom. The maximum atomic E-state index is 10.7. The van der Waals surface area contributed by atoms with Crippen molar-refractivity contribution in [2.75, 3.05) is 0 Å². The lowest BCUT2D eigenvalue weighted by Crippen LogP contribution is -2.46. The Balaban J connectivity index is 1.83. The molecule has 0 heterocycles. The van der Waals surface area contributed by atoms with Gasteiger partial charge in [-0.05, 0) is 30.4 Å². The highest BCUT2D eigenvalue weighted by Gasteiger charge is 2.44. The summed E-state index contributed by atoms with van der Waals surface area (Å²) >= 11 is 0. The smallest absolute Gasteiger partial charge is 0.0677 e. The number of hydrogen-bond donors (Lipinski definition) is 1. The molecule has 0 saturated heterocycles. The van der Waals surface area contributed by atoms with E-state index in [4.69, 9.17) is 0 Å². The zero-order valence-electron chi connectivity index (χ0n) is 11.1. The molecule has 0 aliphatic heterocycles. The minimum atomic E-state index is -0.286. The van der Waals surface area contributed by atoms with E-state index in [9.17, 15) is 5.11 Å². The largest absolute Gasteiger partial charge is 0.392 e. The van der Waals surface area contributed by atoms with Crippen LogP contribution in [-0.2, 0) is 11.8 Å². The first-order chi connectivity index (χ1) is 9.31. The Morgan fingerprint density at radius 3 is 2.00 bits per heavy atom. The van der Waals surface area contributed by atoms with Gasteiger partial charge in [0.15, 0.2) is 0 Å². The molecule has 0 radical (unpaired) electrons. The Kier molecular flexibility index (Phi) is 3.39. The van der Waals surface area contributed by atoms with Crippen molar-refractivity contribution in [3.63, 3.8) is 0 Å². The number of aliphatic hydroxyl groups is 1. The molecule has 0 spiro atoms. The number of aliphatic hydroxyl groups excluding tert-OH is 1. The van der Waals surface area contributed by atoms with E-state index in [2.05, 4.69) is 36.4 Å². The Labute approximate surface area is 114 Å². The second-order valence-electron chi connectivity index (χ2n) is 5.58. The van der Waals surface area contributed by atoms with E-state index in [1.165, 1.54) is 17.5 Å². The molecule has 2 aromatic carbocycles. The summed E-state index contributed by atoms with van der Waals surface area (Å²) < 4.78 is 0. The molecule has 0 amide bonds. The first-order valence-corrected chi connectivity index (χ1v) is 7.09. The summed E-state index contributed by atoms with van der Waals surface area (Å²) in [4.78, 5) is 0. The predicted octanol–water partition coefficient (Wildman–Crippen LogP) is 3.71. The molecular weight excluding hydrogens is 232 g/mol. The van der Waals surface area contributed by atoms with Crippen LogP contribution in [-0.4, -0.2) is 11.2 Å². The monoisotopic (exact) mass is 252 g/mol. The van der Waals surface area contributed by atoms with E-state index in [0.717, 1.165) is 19.3 Å². The van der Waals surface area contributed by atoms with Crippen LogP contribution in [0.4, 0.5) is 0 Å². The van der Waals surface area contributed by atoms with E-state index >= 15 is 0 Å². The fourth-order valence-corrected chi connectivity index (χ4v) is 3.17. The zero-order valence-corrected chi connectivity index (χ0v) is 11.1. The van der Waals surface area contributed by atoms with Gasteiger partial charge in [-0.25, -0.2) is 0 Å². The summed E-state index contributed by atoms with van der Waals surface area (Å²) in [5, 5.41) is 10.7. The fraction of sp³-hybridized carbons (Fsp3) is 0.333. The van der Waals surface area contributed by atoms with E-state index in [1.54, 1.807) is 0 Å². The van der Waals surface area contributed by atoms with Crippen LogP contribution in [0.1, 0.15) is 30.4 Å². The first kappa shape index (κ1) is 12.4. The molecule has 2 aromatic rings. The van der Waals surface area contributed by atoms with Gasteiger partial charge in [0.1, 0.15) is 0 Å². The Bertz CT molecular complexity index is 514. The normalized spacial score (nSPS) is 18.6. The highest BCUT2D eigenvalue weighted by Crippen LogP contribution is 2.47. The second kappa shape index (κ2) is 5.18. The lowest BCUT2D eigenvalue weighted by atomic mass is 9.60. The molecule has 0 bridgehead atoms. The van der Waals surface area contributed by atoms with Crippen molar-refractivity contribution in [1.82, 2.24) is 0 Å². The van der Waals surface area contributed by atoms with Crippen LogP contribution in [0.5, 0.6) is 0 Å². The van der Waals surface area contributed by atoms with Crippen molar-refractivity contribution in [2.24, 2.45) is 0 Å². The van der Waals surface area contributed by atoms with Crippen molar-refractivity contribution in [2.45, 2.75) is 37.2 Å². The molecule has 0 aromatic heterocycles. The molecule has 1 heteroatoms. The van der Waals surface area contributed by atoms with E-state index in [0.29, 0.717) is 0 Å². The van der Waals surface area contributed by atoms with Crippen LogP contribution in [0.3, 0.4) is 0 Å². The molecule has 1 aliphatic carbocycles. The van der Waals surface area contributed by atoms with Crippen LogP contribution in [0.15, 0.2) is 60.7 Å². The van der Waals surface area contributed by atoms with Gasteiger partial charge in [0.2, 0.25) is 0 Å². The molecule has 98 valence electrons. The van der Waals surface area contributed by atoms with Gasteiger partial charge in [-0.2, -0.15) is 0 Å². The van der Waals surface area contributed by atoms with Gasteiger partial charge in [0.05, 0.1) is 6.10 Å². The van der Waals surface area contributed by atoms with Gasteiger partial charge in [0.25, 0.3) is 0 Å². The van der Waals surface area contributed by atoms with Gasteiger partial charge in [-0.1, -0.05) is 67.1 Å². The summed E-state index contributed by atoms with van der Waals surface area (Å²) in [5.74, 6) is 0. The third-order valence-electron chi connectivity index (χ3n) is 4.50. The van der Waals surface area contributed by atoms with Crippen LogP contribution in [0.2, 0.25) is 0 Å². The third-order valence-corrected chi connectivity index (χ3v) is 4.50. The lowest BCUT2D eigenvalue weighted by Gasteiger charge is -2.46. The molecule has 1 unspecified atom stereocenters. The Morgan fingerprint density at radius 1 is 0.895 bits per heavy atom. The fourth-order valence-electron chi connectivity index (χ4n) is 3.17. The van der Waals surface area contributed by atoms with E-state index < -0.39 is 0 Å². The highest BCUT2D eigenvalue weighted by atomic mass is 16.3. The highest BCUT2D eigenvalue weighted by molar-refractivity contribution is 5.31. The van der Waals surface area contributed by atoms with Crippen molar-refractivity contribution in [3.8, 4) is 0 Å². The van der Waals surface area contributed by atoms with Crippen molar-refractivity contribution < 1.29 is 5.11 Å². The van der Waals surface area contributed by atoms with Crippen LogP contribution in [0, 0.1) is 0 Å². The molecule has 3 rings (SSSR count). The first-order valence-electron chi connectivity index (χ1n) is 7.09. The van der Waals surface area contributed by atoms with E-state index in [-0.39, 0.29) is 11.5 Å². The standard InChI is InChI=1S/C18H20O/c19-17(14-15-8-3-1-4-9-15)18(12-7-13-18)16-10-5-2-6-11-16/h1-6,8-11,17,19H,7,12-14H2. The lowest BCUT2D eigenvalue weighted by molar-refractivity contribution is 0.0286. The minimum absolute atomic E-state index is 0.0168. The van der Waals surface area contributed by atoms with Crippen molar-refractivity contribution >= 4 is 0 Å². The average molecular weight is 252 g/mol. The molecule has 1 fully saturated rings. The van der Waals surface area contributed by atoms with Gasteiger partial charge < -0.3 is 5.11 Å². The summed E-state index contributed by atoms with van der Waals surface area (Å²) in [7, 11) is 0. The predicted molar refractivity (Wildman–Crippen MR) is 78.1 cm³/mol. The minimum Gasteiger partial charge on any atom is -0.392 e. The van der Waals surface area contributed by atoms with Crippen LogP contribution < -0.4 is 0 Å². The molecule has 1 aliphatic rings. The second-order valence-corrected chi connectivity index (χ2v) is 5.58. The molecular formula is C18H20O. The summed E-state index contributed by atoms with van der Waals surface area (Å²) in [6.07, 6.45) is 3.89. The Hall–Kier alpha value is -1.60.